The van der Waals surface area contributed by atoms with Crippen LogP contribution in [0.3, 0.4) is 0 Å². The lowest BCUT2D eigenvalue weighted by atomic mass is 10.1. The van der Waals surface area contributed by atoms with Crippen LogP contribution in [0.4, 0.5) is 4.39 Å². The zero-order chi connectivity index (χ0) is 23.9. The maximum absolute atomic E-state index is 13.7. The minimum absolute atomic E-state index is 0.0124. The summed E-state index contributed by atoms with van der Waals surface area (Å²) in [6, 6.07) is 22.6. The normalized spacial score (nSPS) is 10.5. The molecule has 0 saturated heterocycles. The van der Waals surface area contributed by atoms with Crippen molar-refractivity contribution in [1.29, 1.82) is 0 Å². The summed E-state index contributed by atoms with van der Waals surface area (Å²) in [7, 11) is 1.53. The molecular weight excluding hydrogens is 437 g/mol. The molecule has 172 valence electrons. The fourth-order valence-electron chi connectivity index (χ4n) is 3.37. The maximum Gasteiger partial charge on any atom is 0.342 e. The first-order valence-electron chi connectivity index (χ1n) is 10.5. The zero-order valence-electron chi connectivity index (χ0n) is 18.4. The molecule has 0 saturated carbocycles. The summed E-state index contributed by atoms with van der Waals surface area (Å²) >= 11 is 0. The number of methoxy groups -OCH3 is 1. The Balaban J connectivity index is 1.53. The standard InChI is InChI=1S/C26H22FN3O4/c1-33-23-14-8-6-12-20(23)25-21(16-30(29-25)19-10-3-2-4-11-19)26(32)34-17-24(31)28-15-18-9-5-7-13-22(18)27/h2-14,16H,15,17H2,1H3,(H,28,31). The van der Waals surface area contributed by atoms with Gasteiger partial charge in [0.2, 0.25) is 0 Å². The number of ether oxygens (including phenoxy) is 2. The van der Waals surface area contributed by atoms with Gasteiger partial charge < -0.3 is 14.8 Å². The van der Waals surface area contributed by atoms with Crippen LogP contribution in [-0.4, -0.2) is 35.4 Å². The molecule has 4 aromatic rings. The van der Waals surface area contributed by atoms with E-state index in [1.165, 1.54) is 13.2 Å². The molecule has 0 aliphatic carbocycles. The Kier molecular flexibility index (Phi) is 6.98. The molecule has 1 amide bonds. The van der Waals surface area contributed by atoms with Gasteiger partial charge in [0.1, 0.15) is 22.8 Å². The van der Waals surface area contributed by atoms with E-state index in [1.807, 2.05) is 42.5 Å². The highest BCUT2D eigenvalue weighted by atomic mass is 19.1. The number of nitrogens with one attached hydrogen (secondary N) is 1. The minimum Gasteiger partial charge on any atom is -0.496 e. The molecule has 0 bridgehead atoms. The summed E-state index contributed by atoms with van der Waals surface area (Å²) in [6.45, 7) is -0.531. The number of carbonyl (C=O) groups is 2. The summed E-state index contributed by atoms with van der Waals surface area (Å²) in [6.07, 6.45) is 1.55. The fourth-order valence-corrected chi connectivity index (χ4v) is 3.37. The Labute approximate surface area is 195 Å². The number of rotatable bonds is 8. The van der Waals surface area contributed by atoms with Gasteiger partial charge >= 0.3 is 5.97 Å². The van der Waals surface area contributed by atoms with Gasteiger partial charge in [0, 0.05) is 23.9 Å². The highest BCUT2D eigenvalue weighted by molar-refractivity contribution is 5.98. The topological polar surface area (TPSA) is 82.5 Å². The molecule has 3 aromatic carbocycles. The lowest BCUT2D eigenvalue weighted by Crippen LogP contribution is -2.28. The molecule has 0 spiro atoms. The van der Waals surface area contributed by atoms with Crippen LogP contribution in [0.1, 0.15) is 15.9 Å². The maximum atomic E-state index is 13.7. The number of nitrogens with zero attached hydrogens (tertiary/aromatic N) is 2. The van der Waals surface area contributed by atoms with Crippen molar-refractivity contribution in [2.75, 3.05) is 13.7 Å². The van der Waals surface area contributed by atoms with Crippen molar-refractivity contribution >= 4 is 11.9 Å². The molecule has 0 radical (unpaired) electrons. The Morgan fingerprint density at radius 2 is 1.68 bits per heavy atom. The van der Waals surface area contributed by atoms with Crippen molar-refractivity contribution in [3.8, 4) is 22.7 Å². The molecule has 0 aliphatic rings. The van der Waals surface area contributed by atoms with Crippen LogP contribution in [-0.2, 0) is 16.1 Å². The second-order valence-electron chi connectivity index (χ2n) is 7.32. The van der Waals surface area contributed by atoms with Crippen molar-refractivity contribution in [3.63, 3.8) is 0 Å². The van der Waals surface area contributed by atoms with Crippen LogP contribution >= 0.6 is 0 Å². The first kappa shape index (κ1) is 22.7. The zero-order valence-corrected chi connectivity index (χ0v) is 18.4. The van der Waals surface area contributed by atoms with E-state index in [-0.39, 0.29) is 12.1 Å². The van der Waals surface area contributed by atoms with Crippen LogP contribution in [0, 0.1) is 5.82 Å². The second kappa shape index (κ2) is 10.4. The van der Waals surface area contributed by atoms with Gasteiger partial charge in [-0.15, -0.1) is 0 Å². The van der Waals surface area contributed by atoms with Crippen LogP contribution in [0.2, 0.25) is 0 Å². The first-order valence-corrected chi connectivity index (χ1v) is 10.5. The number of halogens is 1. The summed E-state index contributed by atoms with van der Waals surface area (Å²) in [5.41, 5.74) is 2.23. The highest BCUT2D eigenvalue weighted by Gasteiger charge is 2.23. The van der Waals surface area contributed by atoms with Gasteiger partial charge in [-0.2, -0.15) is 5.10 Å². The van der Waals surface area contributed by atoms with E-state index in [0.717, 1.165) is 5.69 Å². The lowest BCUT2D eigenvalue weighted by molar-refractivity contribution is -0.124. The predicted octanol–water partition coefficient (Wildman–Crippen LogP) is 4.16. The molecular formula is C26H22FN3O4. The van der Waals surface area contributed by atoms with Gasteiger partial charge in [-0.25, -0.2) is 13.9 Å². The molecule has 0 atom stereocenters. The number of amides is 1. The Bertz CT molecular complexity index is 1300. The van der Waals surface area contributed by atoms with E-state index in [1.54, 1.807) is 41.2 Å². The molecule has 34 heavy (non-hydrogen) atoms. The van der Waals surface area contributed by atoms with Crippen LogP contribution < -0.4 is 10.1 Å². The minimum atomic E-state index is -0.718. The molecule has 1 N–H and O–H groups in total. The van der Waals surface area contributed by atoms with Crippen LogP contribution in [0.25, 0.3) is 16.9 Å². The second-order valence-corrected chi connectivity index (χ2v) is 7.32. The van der Waals surface area contributed by atoms with E-state index >= 15 is 0 Å². The molecule has 7 nitrogen and oxygen atoms in total. The number of carbonyl (C=O) groups excluding carboxylic acids is 2. The molecule has 1 aromatic heterocycles. The Morgan fingerprint density at radius 1 is 0.971 bits per heavy atom. The monoisotopic (exact) mass is 459 g/mol. The van der Waals surface area contributed by atoms with E-state index in [4.69, 9.17) is 9.47 Å². The summed E-state index contributed by atoms with van der Waals surface area (Å²) in [4.78, 5) is 25.2. The first-order chi connectivity index (χ1) is 16.6. The number of benzene rings is 3. The predicted molar refractivity (Wildman–Crippen MR) is 124 cm³/mol. The van der Waals surface area contributed by atoms with Gasteiger partial charge in [-0.05, 0) is 30.3 Å². The van der Waals surface area contributed by atoms with E-state index in [0.29, 0.717) is 22.6 Å². The number of esters is 1. The van der Waals surface area contributed by atoms with Crippen molar-refractivity contribution < 1.29 is 23.5 Å². The molecule has 4 rings (SSSR count). The smallest absolute Gasteiger partial charge is 0.342 e. The molecule has 0 unspecified atom stereocenters. The third kappa shape index (κ3) is 5.12. The molecule has 8 heteroatoms. The largest absolute Gasteiger partial charge is 0.496 e. The third-order valence-corrected chi connectivity index (χ3v) is 5.09. The molecule has 0 aliphatic heterocycles. The van der Waals surface area contributed by atoms with Gasteiger partial charge in [0.15, 0.2) is 6.61 Å². The van der Waals surface area contributed by atoms with Gasteiger partial charge in [0.25, 0.3) is 5.91 Å². The van der Waals surface area contributed by atoms with Gasteiger partial charge in [-0.1, -0.05) is 48.5 Å². The average molecular weight is 459 g/mol. The number of para-hydroxylation sites is 2. The summed E-state index contributed by atoms with van der Waals surface area (Å²) in [5, 5.41) is 7.13. The SMILES string of the molecule is COc1ccccc1-c1nn(-c2ccccc2)cc1C(=O)OCC(=O)NCc1ccccc1F. The van der Waals surface area contributed by atoms with Gasteiger partial charge in [0.05, 0.1) is 12.8 Å². The third-order valence-electron chi connectivity index (χ3n) is 5.09. The number of hydrogen-bond donors (Lipinski definition) is 1. The van der Waals surface area contributed by atoms with Crippen molar-refractivity contribution in [2.45, 2.75) is 6.54 Å². The van der Waals surface area contributed by atoms with Crippen molar-refractivity contribution in [3.05, 3.63) is 102 Å². The van der Waals surface area contributed by atoms with E-state index in [2.05, 4.69) is 10.4 Å². The van der Waals surface area contributed by atoms with E-state index in [9.17, 15) is 14.0 Å². The molecule has 1 heterocycles. The van der Waals surface area contributed by atoms with Gasteiger partial charge in [-0.3, -0.25) is 4.79 Å². The average Bonchev–Trinajstić information content (AvgIpc) is 3.33. The lowest BCUT2D eigenvalue weighted by Gasteiger charge is -2.09. The fraction of sp³-hybridized carbons (Fsp3) is 0.115. The summed E-state index contributed by atoms with van der Waals surface area (Å²) < 4.78 is 26.0. The highest BCUT2D eigenvalue weighted by Crippen LogP contribution is 2.32. The van der Waals surface area contributed by atoms with Crippen LogP contribution in [0.5, 0.6) is 5.75 Å². The van der Waals surface area contributed by atoms with Crippen molar-refractivity contribution in [2.24, 2.45) is 0 Å². The molecule has 0 fully saturated rings. The Morgan fingerprint density at radius 3 is 2.44 bits per heavy atom. The number of aromatic nitrogens is 2. The van der Waals surface area contributed by atoms with E-state index < -0.39 is 24.3 Å². The van der Waals surface area contributed by atoms with Crippen molar-refractivity contribution in [1.82, 2.24) is 15.1 Å². The quantitative estimate of drug-likeness (QED) is 0.400. The van der Waals surface area contributed by atoms with Crippen LogP contribution in [0.15, 0.2) is 85.1 Å². The Hall–Kier alpha value is -4.46. The summed E-state index contributed by atoms with van der Waals surface area (Å²) in [5.74, 6) is -1.15. The number of hydrogen-bond acceptors (Lipinski definition) is 5.